The first kappa shape index (κ1) is 12.3. The smallest absolute Gasteiger partial charge is 0.337 e. The topological polar surface area (TPSA) is 51.5 Å². The lowest BCUT2D eigenvalue weighted by Crippen LogP contribution is -2.01. The Hall–Kier alpha value is -2.75. The van der Waals surface area contributed by atoms with E-state index in [1.165, 1.54) is 7.11 Å². The molecule has 20 heavy (non-hydrogen) atoms. The molecule has 0 bridgehead atoms. The number of hydrogen-bond acceptors (Lipinski definition) is 3. The molecule has 0 fully saturated rings. The minimum absolute atomic E-state index is 0.188. The van der Waals surface area contributed by atoms with Crippen molar-refractivity contribution in [2.75, 3.05) is 7.11 Å². The highest BCUT2D eigenvalue weighted by molar-refractivity contribution is 5.95. The number of phenolic OH excluding ortho intramolecular Hbond substituents is 1. The number of esters is 1. The summed E-state index contributed by atoms with van der Waals surface area (Å²) in [5.41, 5.74) is 1.99. The Kier molecular flexibility index (Phi) is 2.91. The molecule has 1 aromatic heterocycles. The molecule has 0 amide bonds. The van der Waals surface area contributed by atoms with Crippen molar-refractivity contribution in [3.05, 3.63) is 60.3 Å². The zero-order chi connectivity index (χ0) is 14.1. The summed E-state index contributed by atoms with van der Waals surface area (Å²) in [7, 11) is 1.36. The third kappa shape index (κ3) is 1.91. The number of hydrogen-bond donors (Lipinski definition) is 1. The van der Waals surface area contributed by atoms with E-state index in [9.17, 15) is 9.90 Å². The fourth-order valence-electron chi connectivity index (χ4n) is 2.25. The quantitative estimate of drug-likeness (QED) is 0.726. The van der Waals surface area contributed by atoms with Crippen LogP contribution in [-0.4, -0.2) is 22.8 Å². The van der Waals surface area contributed by atoms with Crippen LogP contribution in [0.4, 0.5) is 0 Å². The summed E-state index contributed by atoms with van der Waals surface area (Å²) in [4.78, 5) is 11.6. The van der Waals surface area contributed by atoms with E-state index in [-0.39, 0.29) is 11.7 Å². The van der Waals surface area contributed by atoms with Gasteiger partial charge in [-0.15, -0.1) is 0 Å². The molecule has 0 spiro atoms. The molecule has 1 N–H and O–H groups in total. The first-order chi connectivity index (χ1) is 9.70. The van der Waals surface area contributed by atoms with E-state index in [1.54, 1.807) is 24.3 Å². The lowest BCUT2D eigenvalue weighted by molar-refractivity contribution is 0.0601. The summed E-state index contributed by atoms with van der Waals surface area (Å²) in [6, 6.07) is 14.3. The van der Waals surface area contributed by atoms with Crippen molar-refractivity contribution in [2.45, 2.75) is 0 Å². The molecule has 3 aromatic rings. The van der Waals surface area contributed by atoms with Gasteiger partial charge in [0, 0.05) is 6.20 Å². The zero-order valence-electron chi connectivity index (χ0n) is 10.9. The monoisotopic (exact) mass is 267 g/mol. The largest absolute Gasteiger partial charge is 0.506 e. The zero-order valence-corrected chi connectivity index (χ0v) is 10.9. The Morgan fingerprint density at radius 2 is 1.95 bits per heavy atom. The van der Waals surface area contributed by atoms with Crippen molar-refractivity contribution >= 4 is 16.9 Å². The second kappa shape index (κ2) is 4.74. The number of ether oxygens (including phenoxy) is 1. The van der Waals surface area contributed by atoms with Gasteiger partial charge in [-0.05, 0) is 35.7 Å². The van der Waals surface area contributed by atoms with Gasteiger partial charge in [0.05, 0.1) is 23.9 Å². The van der Waals surface area contributed by atoms with Gasteiger partial charge in [-0.3, -0.25) is 0 Å². The molecule has 0 aliphatic rings. The Balaban J connectivity index is 2.22. The highest BCUT2D eigenvalue weighted by atomic mass is 16.5. The average Bonchev–Trinajstić information content (AvgIpc) is 2.90. The van der Waals surface area contributed by atoms with Crippen molar-refractivity contribution in [2.24, 2.45) is 0 Å². The van der Waals surface area contributed by atoms with Gasteiger partial charge in [0.15, 0.2) is 0 Å². The van der Waals surface area contributed by atoms with Gasteiger partial charge in [-0.1, -0.05) is 18.2 Å². The van der Waals surface area contributed by atoms with Crippen LogP contribution in [0.2, 0.25) is 0 Å². The molecule has 0 saturated carbocycles. The Morgan fingerprint density at radius 3 is 2.70 bits per heavy atom. The first-order valence-corrected chi connectivity index (χ1v) is 6.18. The van der Waals surface area contributed by atoms with Crippen molar-refractivity contribution < 1.29 is 14.6 Å². The predicted octanol–water partition coefficient (Wildman–Crippen LogP) is 3.12. The maximum absolute atomic E-state index is 11.6. The highest BCUT2D eigenvalue weighted by Gasteiger charge is 2.10. The number of benzene rings is 2. The number of aromatic hydroxyl groups is 1. The standard InChI is InChI=1S/C16H13NO3/c1-20-16(19)12-7-6-11-8-9-17(14(11)10-12)13-4-2-3-5-15(13)18/h2-10,18H,1H3. The molecule has 100 valence electrons. The number of aromatic nitrogens is 1. The third-order valence-corrected chi connectivity index (χ3v) is 3.26. The molecule has 0 aliphatic heterocycles. The van der Waals surface area contributed by atoms with Crippen LogP contribution in [-0.2, 0) is 4.74 Å². The molecule has 0 aliphatic carbocycles. The molecular formula is C16H13NO3. The third-order valence-electron chi connectivity index (χ3n) is 3.26. The fraction of sp³-hybridized carbons (Fsp3) is 0.0625. The molecule has 3 rings (SSSR count). The minimum atomic E-state index is -0.378. The molecule has 4 nitrogen and oxygen atoms in total. The normalized spacial score (nSPS) is 10.7. The fourth-order valence-corrected chi connectivity index (χ4v) is 2.25. The molecule has 0 saturated heterocycles. The Labute approximate surface area is 115 Å². The van der Waals surface area contributed by atoms with Crippen molar-refractivity contribution in [3.8, 4) is 11.4 Å². The van der Waals surface area contributed by atoms with Crippen molar-refractivity contribution in [1.82, 2.24) is 4.57 Å². The van der Waals surface area contributed by atoms with E-state index >= 15 is 0 Å². The number of nitrogens with zero attached hydrogens (tertiary/aromatic N) is 1. The van der Waals surface area contributed by atoms with E-state index < -0.39 is 0 Å². The molecular weight excluding hydrogens is 254 g/mol. The predicted molar refractivity (Wildman–Crippen MR) is 76.3 cm³/mol. The van der Waals surface area contributed by atoms with Gasteiger partial charge in [0.25, 0.3) is 0 Å². The number of carbonyl (C=O) groups excluding carboxylic acids is 1. The SMILES string of the molecule is COC(=O)c1ccc2ccn(-c3ccccc3O)c2c1. The van der Waals surface area contributed by atoms with Crippen LogP contribution in [0.3, 0.4) is 0 Å². The van der Waals surface area contributed by atoms with Crippen LogP contribution in [0.25, 0.3) is 16.6 Å². The Bertz CT molecular complexity index is 789. The van der Waals surface area contributed by atoms with Gasteiger partial charge >= 0.3 is 5.97 Å². The van der Waals surface area contributed by atoms with Gasteiger partial charge in [-0.25, -0.2) is 4.79 Å². The molecule has 1 heterocycles. The summed E-state index contributed by atoms with van der Waals surface area (Å²) in [6.07, 6.45) is 1.86. The van der Waals surface area contributed by atoms with Crippen molar-refractivity contribution in [1.29, 1.82) is 0 Å². The van der Waals surface area contributed by atoms with Gasteiger partial charge in [-0.2, -0.15) is 0 Å². The van der Waals surface area contributed by atoms with E-state index in [0.29, 0.717) is 11.3 Å². The van der Waals surface area contributed by atoms with Gasteiger partial charge in [0.2, 0.25) is 0 Å². The van der Waals surface area contributed by atoms with Crippen LogP contribution >= 0.6 is 0 Å². The number of methoxy groups -OCH3 is 1. The number of rotatable bonds is 2. The number of fused-ring (bicyclic) bond motifs is 1. The number of phenols is 1. The molecule has 0 atom stereocenters. The van der Waals surface area contributed by atoms with Crippen LogP contribution in [0, 0.1) is 0 Å². The summed E-state index contributed by atoms with van der Waals surface area (Å²) >= 11 is 0. The molecule has 2 aromatic carbocycles. The maximum atomic E-state index is 11.6. The van der Waals surface area contributed by atoms with Crippen molar-refractivity contribution in [3.63, 3.8) is 0 Å². The summed E-state index contributed by atoms with van der Waals surface area (Å²) < 4.78 is 6.58. The summed E-state index contributed by atoms with van der Waals surface area (Å²) in [5, 5.41) is 10.9. The lowest BCUT2D eigenvalue weighted by Gasteiger charge is -2.08. The van der Waals surface area contributed by atoms with Crippen LogP contribution < -0.4 is 0 Å². The highest BCUT2D eigenvalue weighted by Crippen LogP contribution is 2.27. The van der Waals surface area contributed by atoms with E-state index in [1.807, 2.05) is 35.0 Å². The van der Waals surface area contributed by atoms with Crippen LogP contribution in [0.15, 0.2) is 54.7 Å². The van der Waals surface area contributed by atoms with E-state index in [0.717, 1.165) is 10.9 Å². The van der Waals surface area contributed by atoms with Crippen LogP contribution in [0.1, 0.15) is 10.4 Å². The first-order valence-electron chi connectivity index (χ1n) is 6.18. The molecule has 4 heteroatoms. The lowest BCUT2D eigenvalue weighted by atomic mass is 10.1. The second-order valence-electron chi connectivity index (χ2n) is 4.44. The minimum Gasteiger partial charge on any atom is -0.506 e. The summed E-state index contributed by atoms with van der Waals surface area (Å²) in [5.74, 6) is -0.189. The van der Waals surface area contributed by atoms with Gasteiger partial charge < -0.3 is 14.4 Å². The molecule has 0 radical (unpaired) electrons. The average molecular weight is 267 g/mol. The molecule has 0 unspecified atom stereocenters. The van der Waals surface area contributed by atoms with E-state index in [4.69, 9.17) is 4.74 Å². The van der Waals surface area contributed by atoms with E-state index in [2.05, 4.69) is 0 Å². The maximum Gasteiger partial charge on any atom is 0.337 e. The van der Waals surface area contributed by atoms with Gasteiger partial charge in [0.1, 0.15) is 5.75 Å². The summed E-state index contributed by atoms with van der Waals surface area (Å²) in [6.45, 7) is 0. The van der Waals surface area contributed by atoms with Crippen LogP contribution in [0.5, 0.6) is 5.75 Å². The number of para-hydroxylation sites is 2. The number of carbonyl (C=O) groups is 1. The second-order valence-corrected chi connectivity index (χ2v) is 4.44. The Morgan fingerprint density at radius 1 is 1.15 bits per heavy atom.